The minimum Gasteiger partial charge on any atom is -0.335 e. The van der Waals surface area contributed by atoms with Gasteiger partial charge in [-0.2, -0.15) is 4.98 Å². The lowest BCUT2D eigenvalue weighted by molar-refractivity contribution is 0.0746. The number of nitrogens with zero attached hydrogens (tertiary/aromatic N) is 4. The Morgan fingerprint density at radius 3 is 2.50 bits per heavy atom. The quantitative estimate of drug-likeness (QED) is 0.709. The standard InChI is InChI=1S/C19H17ClN4O2/c20-16-8-4-7-15(13-16)18(25)23-9-11-24(12-10-23)19-21-17(26-22-19)14-5-2-1-3-6-14/h1-8,13H,9-12H2. The molecule has 0 saturated carbocycles. The van der Waals surface area contributed by atoms with E-state index in [0.29, 0.717) is 48.6 Å². The molecule has 0 N–H and O–H groups in total. The molecular formula is C19H17ClN4O2. The van der Waals surface area contributed by atoms with Crippen LogP contribution in [0.1, 0.15) is 10.4 Å². The summed E-state index contributed by atoms with van der Waals surface area (Å²) in [4.78, 5) is 20.9. The van der Waals surface area contributed by atoms with Gasteiger partial charge in [-0.1, -0.05) is 35.9 Å². The molecule has 6 nitrogen and oxygen atoms in total. The monoisotopic (exact) mass is 368 g/mol. The number of halogens is 1. The minimum atomic E-state index is -0.00904. The molecule has 1 aliphatic heterocycles. The predicted molar refractivity (Wildman–Crippen MR) is 99.3 cm³/mol. The van der Waals surface area contributed by atoms with Gasteiger partial charge in [-0.3, -0.25) is 4.79 Å². The normalized spacial score (nSPS) is 14.5. The molecule has 1 amide bonds. The molecule has 1 fully saturated rings. The molecule has 0 bridgehead atoms. The molecule has 0 atom stereocenters. The second-order valence-electron chi connectivity index (χ2n) is 6.06. The van der Waals surface area contributed by atoms with Crippen molar-refractivity contribution in [3.8, 4) is 11.5 Å². The van der Waals surface area contributed by atoms with Gasteiger partial charge >= 0.3 is 0 Å². The van der Waals surface area contributed by atoms with Crippen molar-refractivity contribution in [2.24, 2.45) is 0 Å². The lowest BCUT2D eigenvalue weighted by Gasteiger charge is -2.33. The van der Waals surface area contributed by atoms with Crippen LogP contribution in [0.2, 0.25) is 5.02 Å². The second-order valence-corrected chi connectivity index (χ2v) is 6.49. The Kier molecular flexibility index (Phi) is 4.58. The van der Waals surface area contributed by atoms with Gasteiger partial charge < -0.3 is 14.3 Å². The lowest BCUT2D eigenvalue weighted by atomic mass is 10.2. The van der Waals surface area contributed by atoms with Gasteiger partial charge in [0.1, 0.15) is 0 Å². The van der Waals surface area contributed by atoms with Crippen LogP contribution in [-0.2, 0) is 0 Å². The summed E-state index contributed by atoms with van der Waals surface area (Å²) in [5.74, 6) is 1.04. The Hall–Kier alpha value is -2.86. The van der Waals surface area contributed by atoms with Crippen molar-refractivity contribution >= 4 is 23.5 Å². The molecule has 2 heterocycles. The van der Waals surface area contributed by atoms with Crippen molar-refractivity contribution in [2.75, 3.05) is 31.1 Å². The first-order chi connectivity index (χ1) is 12.7. The number of carbonyl (C=O) groups is 1. The highest BCUT2D eigenvalue weighted by molar-refractivity contribution is 6.30. The number of rotatable bonds is 3. The molecule has 1 aromatic heterocycles. The third-order valence-electron chi connectivity index (χ3n) is 4.36. The van der Waals surface area contributed by atoms with E-state index in [0.717, 1.165) is 5.56 Å². The maximum absolute atomic E-state index is 12.6. The highest BCUT2D eigenvalue weighted by Crippen LogP contribution is 2.21. The highest BCUT2D eigenvalue weighted by Gasteiger charge is 2.25. The zero-order chi connectivity index (χ0) is 17.9. The summed E-state index contributed by atoms with van der Waals surface area (Å²) in [7, 11) is 0. The van der Waals surface area contributed by atoms with E-state index in [9.17, 15) is 4.79 Å². The van der Waals surface area contributed by atoms with Crippen LogP contribution in [0.15, 0.2) is 59.1 Å². The molecule has 0 spiro atoms. The number of piperazine rings is 1. The van der Waals surface area contributed by atoms with Crippen LogP contribution in [-0.4, -0.2) is 47.1 Å². The lowest BCUT2D eigenvalue weighted by Crippen LogP contribution is -2.49. The first-order valence-electron chi connectivity index (χ1n) is 8.39. The largest absolute Gasteiger partial charge is 0.335 e. The second kappa shape index (κ2) is 7.17. The van der Waals surface area contributed by atoms with Gasteiger partial charge in [-0.25, -0.2) is 0 Å². The number of hydrogen-bond acceptors (Lipinski definition) is 5. The number of aromatic nitrogens is 2. The summed E-state index contributed by atoms with van der Waals surface area (Å²) in [5, 5.41) is 4.64. The summed E-state index contributed by atoms with van der Waals surface area (Å²) in [6.45, 7) is 2.50. The maximum Gasteiger partial charge on any atom is 0.266 e. The van der Waals surface area contributed by atoms with Crippen LogP contribution in [0.5, 0.6) is 0 Å². The van der Waals surface area contributed by atoms with E-state index >= 15 is 0 Å². The number of hydrogen-bond donors (Lipinski definition) is 0. The Bertz CT molecular complexity index is 905. The van der Waals surface area contributed by atoms with Gasteiger partial charge in [-0.05, 0) is 35.5 Å². The van der Waals surface area contributed by atoms with Crippen molar-refractivity contribution in [3.05, 3.63) is 65.2 Å². The third-order valence-corrected chi connectivity index (χ3v) is 4.59. The molecule has 0 radical (unpaired) electrons. The zero-order valence-corrected chi connectivity index (χ0v) is 14.8. The first kappa shape index (κ1) is 16.6. The van der Waals surface area contributed by atoms with E-state index in [4.69, 9.17) is 16.1 Å². The molecule has 1 saturated heterocycles. The van der Waals surface area contributed by atoms with Crippen molar-refractivity contribution in [2.45, 2.75) is 0 Å². The van der Waals surface area contributed by atoms with Crippen molar-refractivity contribution < 1.29 is 9.32 Å². The van der Waals surface area contributed by atoms with Crippen LogP contribution in [0, 0.1) is 0 Å². The molecule has 26 heavy (non-hydrogen) atoms. The van der Waals surface area contributed by atoms with Crippen molar-refractivity contribution in [1.82, 2.24) is 15.0 Å². The molecule has 0 unspecified atom stereocenters. The van der Waals surface area contributed by atoms with E-state index in [1.165, 1.54) is 0 Å². The fraction of sp³-hybridized carbons (Fsp3) is 0.211. The van der Waals surface area contributed by atoms with E-state index < -0.39 is 0 Å². The summed E-state index contributed by atoms with van der Waals surface area (Å²) in [6, 6.07) is 16.7. The fourth-order valence-corrected chi connectivity index (χ4v) is 3.15. The fourth-order valence-electron chi connectivity index (χ4n) is 2.96. The van der Waals surface area contributed by atoms with Gasteiger partial charge in [0, 0.05) is 42.3 Å². The van der Waals surface area contributed by atoms with Crippen LogP contribution in [0.4, 0.5) is 5.95 Å². The van der Waals surface area contributed by atoms with Crippen LogP contribution in [0.3, 0.4) is 0 Å². The topological polar surface area (TPSA) is 62.5 Å². The molecule has 132 valence electrons. The van der Waals surface area contributed by atoms with Gasteiger partial charge in [0.2, 0.25) is 0 Å². The van der Waals surface area contributed by atoms with Gasteiger partial charge in [0.25, 0.3) is 17.7 Å². The molecule has 7 heteroatoms. The Labute approximate surface area is 156 Å². The Morgan fingerprint density at radius 2 is 1.77 bits per heavy atom. The number of amides is 1. The Balaban J connectivity index is 1.41. The average Bonchev–Trinajstić information content (AvgIpc) is 3.18. The molecule has 2 aromatic carbocycles. The first-order valence-corrected chi connectivity index (χ1v) is 8.77. The van der Waals surface area contributed by atoms with E-state index in [1.54, 1.807) is 24.3 Å². The molecule has 0 aliphatic carbocycles. The van der Waals surface area contributed by atoms with Gasteiger partial charge in [0.05, 0.1) is 0 Å². The highest BCUT2D eigenvalue weighted by atomic mass is 35.5. The summed E-state index contributed by atoms with van der Waals surface area (Å²) >= 11 is 5.98. The average molecular weight is 369 g/mol. The third kappa shape index (κ3) is 3.41. The Morgan fingerprint density at radius 1 is 1.00 bits per heavy atom. The number of benzene rings is 2. The SMILES string of the molecule is O=C(c1cccc(Cl)c1)N1CCN(c2noc(-c3ccccc3)n2)CC1. The van der Waals surface area contributed by atoms with Gasteiger partial charge in [-0.15, -0.1) is 0 Å². The summed E-state index contributed by atoms with van der Waals surface area (Å²) in [6.07, 6.45) is 0. The van der Waals surface area contributed by atoms with Crippen LogP contribution < -0.4 is 4.90 Å². The van der Waals surface area contributed by atoms with E-state index in [1.807, 2.05) is 40.1 Å². The number of carbonyl (C=O) groups excluding carboxylic acids is 1. The zero-order valence-electron chi connectivity index (χ0n) is 14.0. The van der Waals surface area contributed by atoms with Gasteiger partial charge in [0.15, 0.2) is 0 Å². The molecule has 4 rings (SSSR count). The summed E-state index contributed by atoms with van der Waals surface area (Å²) in [5.41, 5.74) is 1.50. The maximum atomic E-state index is 12.6. The molecular weight excluding hydrogens is 352 g/mol. The molecule has 1 aliphatic rings. The molecule has 3 aromatic rings. The van der Waals surface area contributed by atoms with Crippen molar-refractivity contribution in [1.29, 1.82) is 0 Å². The van der Waals surface area contributed by atoms with E-state index in [2.05, 4.69) is 10.1 Å². The minimum absolute atomic E-state index is 0.00904. The van der Waals surface area contributed by atoms with E-state index in [-0.39, 0.29) is 5.91 Å². The number of anilines is 1. The smallest absolute Gasteiger partial charge is 0.266 e. The van der Waals surface area contributed by atoms with Crippen LogP contribution >= 0.6 is 11.6 Å². The van der Waals surface area contributed by atoms with Crippen molar-refractivity contribution in [3.63, 3.8) is 0 Å². The summed E-state index contributed by atoms with van der Waals surface area (Å²) < 4.78 is 5.36. The van der Waals surface area contributed by atoms with Crippen LogP contribution in [0.25, 0.3) is 11.5 Å². The predicted octanol–water partition coefficient (Wildman–Crippen LogP) is 3.35.